The molecule has 0 heterocycles. The van der Waals surface area contributed by atoms with E-state index in [9.17, 15) is 26.9 Å². The number of carbonyl (C=O) groups is 2. The molecule has 0 spiro atoms. The predicted molar refractivity (Wildman–Crippen MR) is 222 cm³/mol. The van der Waals surface area contributed by atoms with Crippen molar-refractivity contribution < 1.29 is 57.4 Å². The fourth-order valence-corrected chi connectivity index (χ4v) is 9.63. The summed E-state index contributed by atoms with van der Waals surface area (Å²) in [6, 6.07) is 64.7. The van der Waals surface area contributed by atoms with Crippen molar-refractivity contribution in [3.63, 3.8) is 0 Å². The van der Waals surface area contributed by atoms with Crippen LogP contribution in [0.2, 0.25) is 0 Å². The van der Waals surface area contributed by atoms with Gasteiger partial charge in [0.05, 0.1) is 14.2 Å². The van der Waals surface area contributed by atoms with E-state index in [4.69, 9.17) is 0 Å². The van der Waals surface area contributed by atoms with Crippen LogP contribution in [0.3, 0.4) is 0 Å². The van der Waals surface area contributed by atoms with Crippen LogP contribution >= 0.6 is 15.8 Å². The molecule has 0 unspecified atom stereocenters. The summed E-state index contributed by atoms with van der Waals surface area (Å²) in [7, 11) is -4.53. The maximum absolute atomic E-state index is 10.9. The predicted octanol–water partition coefficient (Wildman–Crippen LogP) is 8.38. The molecule has 291 valence electrons. The number of methoxy groups -OCH3 is 2. The summed E-state index contributed by atoms with van der Waals surface area (Å²) in [6.07, 6.45) is 0. The number of esters is 2. The molecule has 0 atom stereocenters. The van der Waals surface area contributed by atoms with Crippen LogP contribution in [0.5, 0.6) is 0 Å². The van der Waals surface area contributed by atoms with Gasteiger partial charge in [0.25, 0.3) is 0 Å². The van der Waals surface area contributed by atoms with Crippen LogP contribution in [0.15, 0.2) is 182 Å². The Bertz CT molecular complexity index is 1620. The first-order chi connectivity index (χ1) is 26.4. The molecule has 0 aromatic heterocycles. The van der Waals surface area contributed by atoms with Gasteiger partial charge in [0.2, 0.25) is 0 Å². The number of benzene rings is 6. The van der Waals surface area contributed by atoms with Crippen molar-refractivity contribution in [1.82, 2.24) is 0 Å². The summed E-state index contributed by atoms with van der Waals surface area (Å²) in [4.78, 5) is 21.9. The minimum Gasteiger partial charge on any atom is -0.468 e. The Labute approximate surface area is 344 Å². The van der Waals surface area contributed by atoms with Gasteiger partial charge in [-0.2, -0.15) is 0 Å². The smallest absolute Gasteiger partial charge is 0.468 e. The number of rotatable bonds is 9. The third-order valence-electron chi connectivity index (χ3n) is 7.37. The van der Waals surface area contributed by atoms with E-state index in [-0.39, 0.29) is 27.0 Å². The molecule has 0 saturated heterocycles. The second-order valence-electron chi connectivity index (χ2n) is 11.3. The van der Waals surface area contributed by atoms with E-state index in [1.807, 2.05) is 0 Å². The normalized spacial score (nSPS) is 10.4. The van der Waals surface area contributed by atoms with Gasteiger partial charge in [0, 0.05) is 5.92 Å². The van der Waals surface area contributed by atoms with E-state index in [2.05, 4.69) is 205 Å². The first-order valence-electron chi connectivity index (χ1n) is 16.9. The molecule has 0 bridgehead atoms. The van der Waals surface area contributed by atoms with Crippen molar-refractivity contribution in [2.45, 2.75) is 0 Å². The zero-order valence-electron chi connectivity index (χ0n) is 30.7. The number of halogens is 4. The van der Waals surface area contributed by atoms with Gasteiger partial charge in [0.1, 0.15) is 0 Å². The van der Waals surface area contributed by atoms with Crippen molar-refractivity contribution >= 4 is 66.9 Å². The molecule has 56 heavy (non-hydrogen) atoms. The summed E-state index contributed by atoms with van der Waals surface area (Å²) in [5.41, 5.74) is 0. The van der Waals surface area contributed by atoms with Crippen molar-refractivity contribution in [2.75, 3.05) is 14.2 Å². The molecule has 0 saturated carbocycles. The molecule has 0 amide bonds. The van der Waals surface area contributed by atoms with Crippen molar-refractivity contribution in [1.29, 1.82) is 0 Å². The maximum atomic E-state index is 10.9. The number of hydrogen-bond donors (Lipinski definition) is 0. The Balaban J connectivity index is 0.000000278. The third-order valence-corrected chi connectivity index (χ3v) is 12.3. The molecule has 6 rings (SSSR count). The molecule has 0 N–H and O–H groups in total. The van der Waals surface area contributed by atoms with Crippen molar-refractivity contribution in [2.24, 2.45) is 5.92 Å². The zero-order valence-corrected chi connectivity index (χ0v) is 34.8. The molecule has 3 radical (unpaired) electrons. The van der Waals surface area contributed by atoms with Gasteiger partial charge in [-0.15, -0.1) is 0 Å². The average molecular weight is 978 g/mol. The van der Waals surface area contributed by atoms with Gasteiger partial charge < -0.3 is 26.7 Å². The average Bonchev–Trinajstić information content (AvgIpc) is 3.20. The van der Waals surface area contributed by atoms with Crippen molar-refractivity contribution in [3.05, 3.63) is 202 Å². The fraction of sp³-hybridized carbons (Fsp3) is 0.0682. The Kier molecular flexibility index (Phi) is 21.9. The Morgan fingerprint density at radius 1 is 0.446 bits per heavy atom. The molecule has 0 fully saturated rings. The summed E-state index contributed by atoms with van der Waals surface area (Å²) < 4.78 is 47.7. The van der Waals surface area contributed by atoms with Gasteiger partial charge in [0.15, 0.2) is 5.92 Å². The Morgan fingerprint density at radius 3 is 0.732 bits per heavy atom. The van der Waals surface area contributed by atoms with Gasteiger partial charge in [-0.25, -0.2) is 0 Å². The molecule has 12 heteroatoms. The Hall–Kier alpha value is -4.41. The quantitative estimate of drug-likeness (QED) is 0.0481. The minimum absolute atomic E-state index is 0. The van der Waals surface area contributed by atoms with Crippen LogP contribution in [-0.2, 0) is 40.1 Å². The van der Waals surface area contributed by atoms with Gasteiger partial charge in [-0.3, -0.25) is 9.59 Å². The topological polar surface area (TPSA) is 52.6 Å². The van der Waals surface area contributed by atoms with Crippen molar-refractivity contribution in [3.8, 4) is 0 Å². The van der Waals surface area contributed by atoms with Gasteiger partial charge >= 0.3 is 40.3 Å². The van der Waals surface area contributed by atoms with Crippen LogP contribution in [0.1, 0.15) is 0 Å². The van der Waals surface area contributed by atoms with E-state index in [0.717, 1.165) is 0 Å². The van der Waals surface area contributed by atoms with E-state index in [0.29, 0.717) is 0 Å². The number of hydrogen-bond acceptors (Lipinski definition) is 4. The molecule has 6 aromatic carbocycles. The summed E-state index contributed by atoms with van der Waals surface area (Å²) in [5.74, 6) is -2.36. The van der Waals surface area contributed by atoms with Gasteiger partial charge in [-0.1, -0.05) is 182 Å². The molecular formula is C44H41BF4O4P2Pt+. The van der Waals surface area contributed by atoms with Crippen LogP contribution in [0.4, 0.5) is 17.3 Å². The number of ether oxygens (including phenoxy) is 2. The largest absolute Gasteiger partial charge is 2.00 e. The second kappa shape index (κ2) is 25.7. The van der Waals surface area contributed by atoms with E-state index in [1.54, 1.807) is 0 Å². The van der Waals surface area contributed by atoms with Crippen LogP contribution in [0, 0.1) is 25.7 Å². The molecule has 4 nitrogen and oxygen atoms in total. The van der Waals surface area contributed by atoms with E-state index in [1.165, 1.54) is 46.0 Å². The molecule has 0 aliphatic carbocycles. The summed E-state index contributed by atoms with van der Waals surface area (Å²) >= 11 is 0. The van der Waals surface area contributed by atoms with E-state index >= 15 is 0 Å². The molecule has 6 aromatic rings. The molecule has 0 aliphatic heterocycles. The van der Waals surface area contributed by atoms with Crippen LogP contribution in [-0.4, -0.2) is 33.4 Å². The van der Waals surface area contributed by atoms with Crippen LogP contribution in [0.25, 0.3) is 0 Å². The monoisotopic (exact) mass is 977 g/mol. The SMILES string of the molecule is F[B-](F)(F)F.[CH2][C]([CH2])C(C(=O)OC)C(=O)OC.[Pt+2].c1ccc(P(c2ccccc2)c2ccccc2)cc1.c1ccc(P(c2ccccc2)c2ccccc2)cc1. The Morgan fingerprint density at radius 2 is 0.607 bits per heavy atom. The molecular weight excluding hydrogens is 936 g/mol. The zero-order chi connectivity index (χ0) is 40.1. The maximum Gasteiger partial charge on any atom is 2.00 e. The summed E-state index contributed by atoms with van der Waals surface area (Å²) in [6.45, 7) is 6.76. The first kappa shape index (κ1) is 47.7. The first-order valence-corrected chi connectivity index (χ1v) is 19.6. The van der Waals surface area contributed by atoms with Crippen LogP contribution < -0.4 is 31.8 Å². The fourth-order valence-electron chi connectivity index (χ4n) is 5.02. The summed E-state index contributed by atoms with van der Waals surface area (Å²) in [5, 5.41) is 8.39. The number of carbonyl (C=O) groups excluding carboxylic acids is 2. The van der Waals surface area contributed by atoms with Gasteiger partial charge in [-0.05, 0) is 61.5 Å². The molecule has 0 aliphatic rings. The minimum atomic E-state index is -6.00. The van der Waals surface area contributed by atoms with E-state index < -0.39 is 41.0 Å². The third kappa shape index (κ3) is 16.8. The second-order valence-corrected chi connectivity index (χ2v) is 15.8. The standard InChI is InChI=1S/2C18H15P.C8H11O4.BF4.Pt/c2*1-4-10-16(11-5-1)19(17-12-6-2-7-13-17)18-14-8-3-9-15-18;1-5(2)6(7(9)11-3)8(10)12-4;2-1(3,4)5;/h2*1-15H;6H,1-2H2,3-4H3;;/q;;;-1;+2.